The molecule has 0 aliphatic carbocycles. The second kappa shape index (κ2) is 7.70. The van der Waals surface area contributed by atoms with E-state index >= 15 is 0 Å². The maximum atomic E-state index is 12.1. The Hall–Kier alpha value is -0.810. The topological polar surface area (TPSA) is 66.6 Å². The van der Waals surface area contributed by atoms with E-state index in [1.807, 2.05) is 4.90 Å². The second-order valence-electron chi connectivity index (χ2n) is 5.37. The molecular formula is C13H24ClN3O2. The van der Waals surface area contributed by atoms with Crippen LogP contribution in [0.2, 0.25) is 0 Å². The van der Waals surface area contributed by atoms with E-state index in [0.717, 1.165) is 45.2 Å². The van der Waals surface area contributed by atoms with Crippen molar-refractivity contribution in [3.05, 3.63) is 0 Å². The fourth-order valence-electron chi connectivity index (χ4n) is 2.71. The second-order valence-corrected chi connectivity index (χ2v) is 5.37. The number of nitrogens with two attached hydrogens (primary N) is 1. The van der Waals surface area contributed by atoms with E-state index in [0.29, 0.717) is 13.0 Å². The fourth-order valence-corrected chi connectivity index (χ4v) is 2.71. The maximum absolute atomic E-state index is 12.1. The molecule has 0 saturated carbocycles. The number of rotatable bonds is 2. The summed E-state index contributed by atoms with van der Waals surface area (Å²) in [5, 5.41) is 0. The number of hydrogen-bond donors (Lipinski definition) is 1. The molecule has 2 aliphatic heterocycles. The highest BCUT2D eigenvalue weighted by Gasteiger charge is 2.25. The Labute approximate surface area is 120 Å². The van der Waals surface area contributed by atoms with E-state index in [9.17, 15) is 9.59 Å². The lowest BCUT2D eigenvalue weighted by atomic mass is 10.1. The Balaban J connectivity index is 0.00000180. The van der Waals surface area contributed by atoms with Crippen LogP contribution in [0, 0.1) is 0 Å². The molecule has 0 spiro atoms. The predicted molar refractivity (Wildman–Crippen MR) is 76.1 cm³/mol. The standard InChI is InChI=1S/C13H23N3O2.ClH/c14-11-5-4-8-15(9-11)13(18)10-16-7-3-1-2-6-12(16)17;/h11H,1-10,14H2;1H. The summed E-state index contributed by atoms with van der Waals surface area (Å²) in [6.07, 6.45) is 5.61. The van der Waals surface area contributed by atoms with Gasteiger partial charge < -0.3 is 15.5 Å². The highest BCUT2D eigenvalue weighted by molar-refractivity contribution is 5.85. The van der Waals surface area contributed by atoms with Crippen LogP contribution >= 0.6 is 12.4 Å². The minimum atomic E-state index is 0. The van der Waals surface area contributed by atoms with Crippen LogP contribution in [0.15, 0.2) is 0 Å². The molecule has 5 nitrogen and oxygen atoms in total. The third-order valence-corrected chi connectivity index (χ3v) is 3.81. The average molecular weight is 290 g/mol. The number of carbonyl (C=O) groups is 2. The van der Waals surface area contributed by atoms with Gasteiger partial charge in [0, 0.05) is 32.1 Å². The van der Waals surface area contributed by atoms with Crippen LogP contribution in [0.3, 0.4) is 0 Å². The first kappa shape index (κ1) is 16.2. The Bertz CT molecular complexity index is 325. The molecule has 6 heteroatoms. The SMILES string of the molecule is Cl.NC1CCCN(C(=O)CN2CCCCCC2=O)C1. The Kier molecular flexibility index (Phi) is 6.58. The summed E-state index contributed by atoms with van der Waals surface area (Å²) >= 11 is 0. The van der Waals surface area contributed by atoms with Crippen molar-refractivity contribution in [2.45, 2.75) is 44.6 Å². The van der Waals surface area contributed by atoms with Gasteiger partial charge in [0.25, 0.3) is 0 Å². The van der Waals surface area contributed by atoms with Gasteiger partial charge in [0.15, 0.2) is 0 Å². The lowest BCUT2D eigenvalue weighted by molar-refractivity contribution is -0.140. The summed E-state index contributed by atoms with van der Waals surface area (Å²) in [6, 6.07) is 0.0996. The van der Waals surface area contributed by atoms with Crippen molar-refractivity contribution >= 4 is 24.2 Å². The van der Waals surface area contributed by atoms with Gasteiger partial charge in [-0.15, -0.1) is 12.4 Å². The smallest absolute Gasteiger partial charge is 0.242 e. The molecule has 0 aromatic rings. The summed E-state index contributed by atoms with van der Waals surface area (Å²) in [6.45, 7) is 2.39. The first-order valence-electron chi connectivity index (χ1n) is 6.98. The van der Waals surface area contributed by atoms with Gasteiger partial charge in [-0.2, -0.15) is 0 Å². The fraction of sp³-hybridized carbons (Fsp3) is 0.846. The van der Waals surface area contributed by atoms with Gasteiger partial charge in [-0.05, 0) is 25.7 Å². The van der Waals surface area contributed by atoms with Crippen molar-refractivity contribution in [3.8, 4) is 0 Å². The normalized spacial score (nSPS) is 24.7. The zero-order chi connectivity index (χ0) is 13.0. The van der Waals surface area contributed by atoms with Crippen LogP contribution in [-0.2, 0) is 9.59 Å². The lowest BCUT2D eigenvalue weighted by Gasteiger charge is -2.32. The molecule has 0 bridgehead atoms. The zero-order valence-electron chi connectivity index (χ0n) is 11.3. The molecule has 2 heterocycles. The number of halogens is 1. The average Bonchev–Trinajstić information content (AvgIpc) is 2.55. The zero-order valence-corrected chi connectivity index (χ0v) is 12.2. The van der Waals surface area contributed by atoms with Crippen molar-refractivity contribution in [2.75, 3.05) is 26.2 Å². The van der Waals surface area contributed by atoms with Crippen LogP contribution in [0.25, 0.3) is 0 Å². The molecule has 2 N–H and O–H groups in total. The van der Waals surface area contributed by atoms with Gasteiger partial charge in [0.2, 0.25) is 11.8 Å². The molecule has 1 atom stereocenters. The van der Waals surface area contributed by atoms with Crippen molar-refractivity contribution in [1.82, 2.24) is 9.80 Å². The molecule has 0 aromatic carbocycles. The number of carbonyl (C=O) groups excluding carboxylic acids is 2. The third kappa shape index (κ3) is 4.66. The Morgan fingerprint density at radius 2 is 2.00 bits per heavy atom. The molecule has 19 heavy (non-hydrogen) atoms. The maximum Gasteiger partial charge on any atom is 0.242 e. The first-order chi connectivity index (χ1) is 8.66. The van der Waals surface area contributed by atoms with E-state index in [1.165, 1.54) is 0 Å². The molecule has 2 aliphatic rings. The van der Waals surface area contributed by atoms with E-state index in [1.54, 1.807) is 4.90 Å². The molecule has 2 fully saturated rings. The van der Waals surface area contributed by atoms with Crippen LogP contribution in [0.5, 0.6) is 0 Å². The number of likely N-dealkylation sites (tertiary alicyclic amines) is 2. The van der Waals surface area contributed by atoms with Gasteiger partial charge in [-0.3, -0.25) is 9.59 Å². The highest BCUT2D eigenvalue weighted by atomic mass is 35.5. The monoisotopic (exact) mass is 289 g/mol. The molecule has 0 aromatic heterocycles. The van der Waals surface area contributed by atoms with Gasteiger partial charge in [-0.25, -0.2) is 0 Å². The third-order valence-electron chi connectivity index (χ3n) is 3.81. The Morgan fingerprint density at radius 3 is 2.74 bits per heavy atom. The molecule has 2 amide bonds. The summed E-state index contributed by atoms with van der Waals surface area (Å²) in [7, 11) is 0. The summed E-state index contributed by atoms with van der Waals surface area (Å²) in [5.41, 5.74) is 5.87. The van der Waals surface area contributed by atoms with Gasteiger partial charge >= 0.3 is 0 Å². The van der Waals surface area contributed by atoms with E-state index in [4.69, 9.17) is 5.73 Å². The first-order valence-corrected chi connectivity index (χ1v) is 6.98. The van der Waals surface area contributed by atoms with Gasteiger partial charge in [-0.1, -0.05) is 6.42 Å². The van der Waals surface area contributed by atoms with Crippen LogP contribution in [-0.4, -0.2) is 53.8 Å². The van der Waals surface area contributed by atoms with Crippen molar-refractivity contribution < 1.29 is 9.59 Å². The Morgan fingerprint density at radius 1 is 1.21 bits per heavy atom. The van der Waals surface area contributed by atoms with E-state index in [2.05, 4.69) is 0 Å². The van der Waals surface area contributed by atoms with Crippen molar-refractivity contribution in [3.63, 3.8) is 0 Å². The van der Waals surface area contributed by atoms with Crippen LogP contribution in [0.4, 0.5) is 0 Å². The van der Waals surface area contributed by atoms with E-state index in [-0.39, 0.29) is 36.8 Å². The predicted octanol–water partition coefficient (Wildman–Crippen LogP) is 0.760. The molecule has 0 radical (unpaired) electrons. The lowest BCUT2D eigenvalue weighted by Crippen LogP contribution is -2.49. The number of piperidine rings is 1. The quantitative estimate of drug-likeness (QED) is 0.816. The van der Waals surface area contributed by atoms with Crippen LogP contribution < -0.4 is 5.73 Å². The summed E-state index contributed by atoms with van der Waals surface area (Å²) < 4.78 is 0. The molecule has 2 rings (SSSR count). The minimum Gasteiger partial charge on any atom is -0.340 e. The number of hydrogen-bond acceptors (Lipinski definition) is 3. The minimum absolute atomic E-state index is 0. The van der Waals surface area contributed by atoms with Crippen molar-refractivity contribution in [1.29, 1.82) is 0 Å². The highest BCUT2D eigenvalue weighted by Crippen LogP contribution is 2.13. The van der Waals surface area contributed by atoms with Gasteiger partial charge in [0.1, 0.15) is 0 Å². The molecular weight excluding hydrogens is 266 g/mol. The largest absolute Gasteiger partial charge is 0.340 e. The molecule has 110 valence electrons. The number of amides is 2. The summed E-state index contributed by atoms with van der Waals surface area (Å²) in [5.74, 6) is 0.183. The number of nitrogens with zero attached hydrogens (tertiary/aromatic N) is 2. The van der Waals surface area contributed by atoms with Gasteiger partial charge in [0.05, 0.1) is 6.54 Å². The van der Waals surface area contributed by atoms with Crippen LogP contribution in [0.1, 0.15) is 38.5 Å². The molecule has 2 saturated heterocycles. The van der Waals surface area contributed by atoms with Crippen molar-refractivity contribution in [2.24, 2.45) is 5.73 Å². The summed E-state index contributed by atoms with van der Waals surface area (Å²) in [4.78, 5) is 27.5. The van der Waals surface area contributed by atoms with E-state index < -0.39 is 0 Å². The molecule has 1 unspecified atom stereocenters.